The summed E-state index contributed by atoms with van der Waals surface area (Å²) >= 11 is 0. The van der Waals surface area contributed by atoms with Crippen molar-refractivity contribution >= 4 is 27.5 Å². The van der Waals surface area contributed by atoms with E-state index in [-0.39, 0.29) is 30.1 Å². The Bertz CT molecular complexity index is 1180. The number of halogens is 4. The largest absolute Gasteiger partial charge is 0.433 e. The Morgan fingerprint density at radius 1 is 1.23 bits per heavy atom. The van der Waals surface area contributed by atoms with Gasteiger partial charge in [0.25, 0.3) is 10.2 Å². The Morgan fingerprint density at radius 2 is 1.89 bits per heavy atom. The topological polar surface area (TPSA) is 105 Å². The van der Waals surface area contributed by atoms with Gasteiger partial charge in [0.1, 0.15) is 23.1 Å². The molecule has 1 unspecified atom stereocenters. The molecular formula is C23H28F4N4O3S. The van der Waals surface area contributed by atoms with E-state index in [1.165, 1.54) is 18.2 Å². The van der Waals surface area contributed by atoms with Crippen LogP contribution in [0.25, 0.3) is 0 Å². The first-order valence-electron chi connectivity index (χ1n) is 11.2. The molecule has 2 heterocycles. The number of alkyl halides is 3. The van der Waals surface area contributed by atoms with Gasteiger partial charge in [-0.15, -0.1) is 0 Å². The second-order valence-corrected chi connectivity index (χ2v) is 10.2. The van der Waals surface area contributed by atoms with Crippen molar-refractivity contribution in [2.75, 3.05) is 22.7 Å². The number of piperidine rings is 1. The van der Waals surface area contributed by atoms with E-state index in [2.05, 4.69) is 11.9 Å². The van der Waals surface area contributed by atoms with Gasteiger partial charge in [0, 0.05) is 25.4 Å². The zero-order valence-corrected chi connectivity index (χ0v) is 20.2. The minimum Gasteiger partial charge on any atom is -0.356 e. The maximum absolute atomic E-state index is 14.3. The quantitative estimate of drug-likeness (QED) is 0.506. The zero-order valence-electron chi connectivity index (χ0n) is 19.4. The summed E-state index contributed by atoms with van der Waals surface area (Å²) in [6, 6.07) is 5.93. The fourth-order valence-electron chi connectivity index (χ4n) is 4.02. The average molecular weight is 517 g/mol. The van der Waals surface area contributed by atoms with Crippen LogP contribution in [0.2, 0.25) is 0 Å². The van der Waals surface area contributed by atoms with Crippen molar-refractivity contribution in [3.8, 4) is 0 Å². The number of aryl methyl sites for hydroxylation is 1. The second-order valence-electron chi connectivity index (χ2n) is 8.92. The summed E-state index contributed by atoms with van der Waals surface area (Å²) in [6.45, 7) is 4.86. The zero-order chi connectivity index (χ0) is 26.0. The number of Topliss-reactive ketones (excluding diaryl/α,β-unsaturated/α-hetero) is 1. The van der Waals surface area contributed by atoms with Gasteiger partial charge in [0.05, 0.1) is 5.69 Å². The first-order valence-corrected chi connectivity index (χ1v) is 12.7. The highest BCUT2D eigenvalue weighted by atomic mass is 32.2. The molecule has 12 heteroatoms. The molecule has 0 spiro atoms. The predicted molar refractivity (Wildman–Crippen MR) is 125 cm³/mol. The number of anilines is 2. The molecule has 3 rings (SSSR count). The maximum Gasteiger partial charge on any atom is 0.433 e. The van der Waals surface area contributed by atoms with Crippen LogP contribution in [0.4, 0.5) is 29.1 Å². The number of hydrogen-bond acceptors (Lipinski definition) is 5. The molecule has 2 aromatic rings. The summed E-state index contributed by atoms with van der Waals surface area (Å²) in [4.78, 5) is 18.6. The Labute approximate surface area is 201 Å². The monoisotopic (exact) mass is 516 g/mol. The van der Waals surface area contributed by atoms with E-state index in [4.69, 9.17) is 5.14 Å². The van der Waals surface area contributed by atoms with E-state index >= 15 is 0 Å². The van der Waals surface area contributed by atoms with Crippen LogP contribution in [0.5, 0.6) is 0 Å². The van der Waals surface area contributed by atoms with E-state index in [1.807, 2.05) is 9.62 Å². The molecule has 0 aliphatic carbocycles. The average Bonchev–Trinajstić information content (AvgIpc) is 2.77. The summed E-state index contributed by atoms with van der Waals surface area (Å²) in [5.41, 5.74) is -0.430. The molecule has 1 fully saturated rings. The van der Waals surface area contributed by atoms with Crippen LogP contribution in [-0.2, 0) is 27.6 Å². The number of nitrogens with one attached hydrogen (secondary N) is 1. The second kappa shape index (κ2) is 10.5. The van der Waals surface area contributed by atoms with Gasteiger partial charge in [-0.25, -0.2) is 14.5 Å². The van der Waals surface area contributed by atoms with Crippen LogP contribution in [0, 0.1) is 11.7 Å². The van der Waals surface area contributed by atoms with E-state index in [1.54, 1.807) is 6.92 Å². The van der Waals surface area contributed by atoms with Crippen molar-refractivity contribution in [3.63, 3.8) is 0 Å². The third-order valence-electron chi connectivity index (χ3n) is 6.20. The van der Waals surface area contributed by atoms with Crippen molar-refractivity contribution in [2.24, 2.45) is 11.1 Å². The van der Waals surface area contributed by atoms with E-state index in [0.29, 0.717) is 30.1 Å². The number of benzene rings is 1. The van der Waals surface area contributed by atoms with Crippen molar-refractivity contribution < 1.29 is 30.8 Å². The lowest BCUT2D eigenvalue weighted by Crippen LogP contribution is -2.34. The fraction of sp³-hybridized carbons (Fsp3) is 0.478. The van der Waals surface area contributed by atoms with Crippen LogP contribution in [0.3, 0.4) is 0 Å². The molecule has 0 saturated carbocycles. The standard InChI is InChI=1S/C23H28F4N4O3S/c1-14-9-11-31(12-10-14)22-16(5-8-21(29-22)23(25,26)27)4-7-20(32)15(2)17-3-6-19(18(24)13-17)30-35(28,33)34/h3,5-6,8,13-15,30H,4,7,9-12H2,1-2H3,(H2,28,33,34). The van der Waals surface area contributed by atoms with Crippen LogP contribution in [0.15, 0.2) is 30.3 Å². The molecule has 35 heavy (non-hydrogen) atoms. The van der Waals surface area contributed by atoms with Crippen LogP contribution >= 0.6 is 0 Å². The number of pyridine rings is 1. The molecule has 1 atom stereocenters. The van der Waals surface area contributed by atoms with E-state index < -0.39 is 33.8 Å². The SMILES string of the molecule is CC1CCN(c2nc(C(F)(F)F)ccc2CCC(=O)C(C)c2ccc(NS(N)(=O)=O)c(F)c2)CC1. The highest BCUT2D eigenvalue weighted by molar-refractivity contribution is 7.90. The molecule has 1 aliphatic rings. The molecule has 1 aliphatic heterocycles. The van der Waals surface area contributed by atoms with Gasteiger partial charge in [0.15, 0.2) is 0 Å². The van der Waals surface area contributed by atoms with Gasteiger partial charge in [-0.2, -0.15) is 21.6 Å². The number of nitrogens with zero attached hydrogens (tertiary/aromatic N) is 2. The van der Waals surface area contributed by atoms with Gasteiger partial charge in [-0.1, -0.05) is 26.0 Å². The normalized spacial score (nSPS) is 16.3. The lowest BCUT2D eigenvalue weighted by molar-refractivity contribution is -0.141. The number of aromatic nitrogens is 1. The van der Waals surface area contributed by atoms with E-state index in [9.17, 15) is 30.8 Å². The Kier molecular flexibility index (Phi) is 8.05. The third-order valence-corrected chi connectivity index (χ3v) is 6.70. The Balaban J connectivity index is 1.75. The molecule has 7 nitrogen and oxygen atoms in total. The number of carbonyl (C=O) groups excluding carboxylic acids is 1. The summed E-state index contributed by atoms with van der Waals surface area (Å²) < 4.78 is 78.2. The molecule has 1 saturated heterocycles. The van der Waals surface area contributed by atoms with Crippen molar-refractivity contribution in [2.45, 2.75) is 51.6 Å². The predicted octanol–water partition coefficient (Wildman–Crippen LogP) is 4.40. The summed E-state index contributed by atoms with van der Waals surface area (Å²) in [5, 5.41) is 4.85. The highest BCUT2D eigenvalue weighted by Gasteiger charge is 2.34. The Hall–Kier alpha value is -2.73. The molecule has 0 amide bonds. The van der Waals surface area contributed by atoms with E-state index in [0.717, 1.165) is 25.0 Å². The van der Waals surface area contributed by atoms with Crippen LogP contribution < -0.4 is 14.8 Å². The number of ketones is 1. The third kappa shape index (κ3) is 7.14. The van der Waals surface area contributed by atoms with Crippen LogP contribution in [-0.4, -0.2) is 32.3 Å². The lowest BCUT2D eigenvalue weighted by atomic mass is 9.92. The van der Waals surface area contributed by atoms with Gasteiger partial charge >= 0.3 is 6.18 Å². The number of hydrogen-bond donors (Lipinski definition) is 2. The van der Waals surface area contributed by atoms with Crippen molar-refractivity contribution in [1.82, 2.24) is 4.98 Å². The van der Waals surface area contributed by atoms with Crippen molar-refractivity contribution in [1.29, 1.82) is 0 Å². The first kappa shape index (κ1) is 26.9. The lowest BCUT2D eigenvalue weighted by Gasteiger charge is -2.33. The minimum absolute atomic E-state index is 0.0181. The molecule has 192 valence electrons. The molecule has 3 N–H and O–H groups in total. The van der Waals surface area contributed by atoms with Gasteiger partial charge in [0.2, 0.25) is 0 Å². The summed E-state index contributed by atoms with van der Waals surface area (Å²) in [7, 11) is -4.15. The maximum atomic E-state index is 14.3. The minimum atomic E-state index is -4.57. The summed E-state index contributed by atoms with van der Waals surface area (Å²) in [5.74, 6) is -1.11. The number of nitrogens with two attached hydrogens (primary N) is 1. The van der Waals surface area contributed by atoms with Gasteiger partial charge < -0.3 is 4.90 Å². The summed E-state index contributed by atoms with van der Waals surface area (Å²) in [6.07, 6.45) is -2.69. The first-order chi connectivity index (χ1) is 16.2. The molecular weight excluding hydrogens is 488 g/mol. The smallest absolute Gasteiger partial charge is 0.356 e. The fourth-order valence-corrected chi connectivity index (χ4v) is 4.49. The van der Waals surface area contributed by atoms with Crippen molar-refractivity contribution in [3.05, 3.63) is 53.0 Å². The number of rotatable bonds is 8. The van der Waals surface area contributed by atoms with Crippen LogP contribution in [0.1, 0.15) is 55.8 Å². The van der Waals surface area contributed by atoms with Gasteiger partial charge in [-0.05, 0) is 54.5 Å². The molecule has 1 aromatic heterocycles. The van der Waals surface area contributed by atoms with Gasteiger partial charge in [-0.3, -0.25) is 9.52 Å². The molecule has 0 bridgehead atoms. The molecule has 1 aromatic carbocycles. The highest BCUT2D eigenvalue weighted by Crippen LogP contribution is 2.33. The molecule has 0 radical (unpaired) electrons. The Morgan fingerprint density at radius 3 is 2.46 bits per heavy atom. The number of carbonyl (C=O) groups is 1.